The number of fused-ring (bicyclic) bond motifs is 1. The van der Waals surface area contributed by atoms with E-state index in [2.05, 4.69) is 43.9 Å². The van der Waals surface area contributed by atoms with Gasteiger partial charge in [0.05, 0.1) is 5.56 Å². The third-order valence-corrected chi connectivity index (χ3v) is 7.98. The summed E-state index contributed by atoms with van der Waals surface area (Å²) in [5.41, 5.74) is 2.41. The van der Waals surface area contributed by atoms with Crippen molar-refractivity contribution in [3.8, 4) is 5.95 Å². The van der Waals surface area contributed by atoms with Crippen LogP contribution in [0.15, 0.2) is 36.9 Å². The van der Waals surface area contributed by atoms with Crippen molar-refractivity contribution in [1.82, 2.24) is 34.6 Å². The summed E-state index contributed by atoms with van der Waals surface area (Å²) in [5.74, 6) is 0.466. The van der Waals surface area contributed by atoms with Crippen molar-refractivity contribution in [2.24, 2.45) is 0 Å². The molecule has 2 aliphatic rings. The molecule has 4 heterocycles. The molecule has 1 amide bonds. The van der Waals surface area contributed by atoms with E-state index >= 15 is 0 Å². The molecule has 3 aromatic heterocycles. The minimum atomic E-state index is -0.0495. The van der Waals surface area contributed by atoms with Crippen LogP contribution in [0.5, 0.6) is 0 Å². The SMILES string of the molecule is Cc1ccnc2c1c(C(=O)NCC1(N3CCN(C(C)C)CC3)CCCCC1)cn2-c1ncccn1. The molecule has 0 aromatic carbocycles. The number of hydrogen-bond acceptors (Lipinski definition) is 6. The van der Waals surface area contributed by atoms with E-state index in [1.165, 1.54) is 19.3 Å². The van der Waals surface area contributed by atoms with Crippen LogP contribution in [-0.2, 0) is 0 Å². The Balaban J connectivity index is 1.39. The van der Waals surface area contributed by atoms with Crippen LogP contribution >= 0.6 is 0 Å². The zero-order valence-electron chi connectivity index (χ0n) is 21.2. The molecule has 35 heavy (non-hydrogen) atoms. The number of hydrogen-bond donors (Lipinski definition) is 1. The number of nitrogens with one attached hydrogen (secondary N) is 1. The number of aromatic nitrogens is 4. The van der Waals surface area contributed by atoms with Gasteiger partial charge in [-0.3, -0.25) is 19.2 Å². The zero-order valence-corrected chi connectivity index (χ0v) is 21.2. The minimum Gasteiger partial charge on any atom is -0.350 e. The summed E-state index contributed by atoms with van der Waals surface area (Å²) in [4.78, 5) is 32.2. The van der Waals surface area contributed by atoms with Gasteiger partial charge >= 0.3 is 0 Å². The molecule has 0 radical (unpaired) electrons. The van der Waals surface area contributed by atoms with Crippen molar-refractivity contribution < 1.29 is 4.79 Å². The summed E-state index contributed by atoms with van der Waals surface area (Å²) in [6.45, 7) is 11.6. The Kier molecular flexibility index (Phi) is 6.84. The van der Waals surface area contributed by atoms with Crippen molar-refractivity contribution in [3.63, 3.8) is 0 Å². The first-order chi connectivity index (χ1) is 17.0. The Labute approximate surface area is 207 Å². The number of aryl methyl sites for hydroxylation is 1. The third-order valence-electron chi connectivity index (χ3n) is 7.98. The summed E-state index contributed by atoms with van der Waals surface area (Å²) in [5, 5.41) is 4.21. The van der Waals surface area contributed by atoms with Gasteiger partial charge in [-0.25, -0.2) is 15.0 Å². The first-order valence-corrected chi connectivity index (χ1v) is 13.0. The van der Waals surface area contributed by atoms with Crippen molar-refractivity contribution in [2.75, 3.05) is 32.7 Å². The van der Waals surface area contributed by atoms with Gasteiger partial charge < -0.3 is 5.32 Å². The maximum atomic E-state index is 13.6. The van der Waals surface area contributed by atoms with Gasteiger partial charge in [0, 0.05) is 74.5 Å². The van der Waals surface area contributed by atoms with Crippen LogP contribution in [-0.4, -0.2) is 79.5 Å². The molecule has 2 fully saturated rings. The van der Waals surface area contributed by atoms with Crippen LogP contribution in [0.1, 0.15) is 61.9 Å². The molecule has 0 unspecified atom stereocenters. The molecule has 0 atom stereocenters. The van der Waals surface area contributed by atoms with Crippen LogP contribution in [0.2, 0.25) is 0 Å². The topological polar surface area (TPSA) is 79.2 Å². The van der Waals surface area contributed by atoms with Crippen LogP contribution in [0, 0.1) is 6.92 Å². The van der Waals surface area contributed by atoms with Gasteiger partial charge in [-0.05, 0) is 51.3 Å². The molecule has 1 aliphatic carbocycles. The maximum absolute atomic E-state index is 13.6. The predicted octanol–water partition coefficient (Wildman–Crippen LogP) is 3.58. The van der Waals surface area contributed by atoms with E-state index in [1.807, 2.05) is 23.8 Å². The highest BCUT2D eigenvalue weighted by Crippen LogP contribution is 2.34. The minimum absolute atomic E-state index is 0.0468. The van der Waals surface area contributed by atoms with Gasteiger partial charge in [-0.1, -0.05) is 19.3 Å². The van der Waals surface area contributed by atoms with Gasteiger partial charge in [0.1, 0.15) is 5.65 Å². The average molecular weight is 476 g/mol. The number of carbonyl (C=O) groups excluding carboxylic acids is 1. The smallest absolute Gasteiger partial charge is 0.253 e. The summed E-state index contributed by atoms with van der Waals surface area (Å²) < 4.78 is 1.82. The Hall–Kier alpha value is -2.84. The zero-order chi connectivity index (χ0) is 24.4. The number of nitrogens with zero attached hydrogens (tertiary/aromatic N) is 6. The number of amides is 1. The van der Waals surface area contributed by atoms with E-state index in [1.54, 1.807) is 24.7 Å². The molecule has 5 rings (SSSR count). The second-order valence-corrected chi connectivity index (χ2v) is 10.4. The fourth-order valence-electron chi connectivity index (χ4n) is 5.92. The summed E-state index contributed by atoms with van der Waals surface area (Å²) >= 11 is 0. The third kappa shape index (κ3) is 4.69. The molecule has 0 bridgehead atoms. The molecule has 1 saturated heterocycles. The molecule has 0 spiro atoms. The lowest BCUT2D eigenvalue weighted by molar-refractivity contribution is 0.000839. The number of piperazine rings is 1. The highest BCUT2D eigenvalue weighted by molar-refractivity contribution is 6.07. The number of carbonyl (C=O) groups is 1. The highest BCUT2D eigenvalue weighted by atomic mass is 16.1. The van der Waals surface area contributed by atoms with Crippen molar-refractivity contribution in [2.45, 2.75) is 64.5 Å². The van der Waals surface area contributed by atoms with Crippen LogP contribution in [0.4, 0.5) is 0 Å². The monoisotopic (exact) mass is 475 g/mol. The maximum Gasteiger partial charge on any atom is 0.253 e. The molecule has 1 N–H and O–H groups in total. The molecule has 186 valence electrons. The van der Waals surface area contributed by atoms with E-state index in [0.717, 1.165) is 50.0 Å². The lowest BCUT2D eigenvalue weighted by atomic mass is 9.79. The van der Waals surface area contributed by atoms with Crippen LogP contribution < -0.4 is 5.32 Å². The predicted molar refractivity (Wildman–Crippen MR) is 138 cm³/mol. The lowest BCUT2D eigenvalue weighted by Crippen LogP contribution is -2.62. The molecule has 8 heteroatoms. The average Bonchev–Trinajstić information content (AvgIpc) is 3.30. The van der Waals surface area contributed by atoms with Crippen LogP contribution in [0.25, 0.3) is 17.0 Å². The first kappa shape index (κ1) is 23.9. The van der Waals surface area contributed by atoms with Gasteiger partial charge in [0.25, 0.3) is 5.91 Å². The van der Waals surface area contributed by atoms with Gasteiger partial charge in [0.2, 0.25) is 5.95 Å². The summed E-state index contributed by atoms with van der Waals surface area (Å²) in [6, 6.07) is 4.32. The van der Waals surface area contributed by atoms with Crippen LogP contribution in [0.3, 0.4) is 0 Å². The second kappa shape index (κ2) is 10.0. The molecular formula is C27H37N7O. The Morgan fingerprint density at radius 1 is 1.03 bits per heavy atom. The molecule has 1 saturated carbocycles. The Morgan fingerprint density at radius 3 is 2.43 bits per heavy atom. The Bertz CT molecular complexity index is 1160. The van der Waals surface area contributed by atoms with E-state index in [-0.39, 0.29) is 11.4 Å². The quantitative estimate of drug-likeness (QED) is 0.587. The highest BCUT2D eigenvalue weighted by Gasteiger charge is 2.40. The first-order valence-electron chi connectivity index (χ1n) is 13.0. The van der Waals surface area contributed by atoms with E-state index < -0.39 is 0 Å². The van der Waals surface area contributed by atoms with E-state index in [4.69, 9.17) is 0 Å². The lowest BCUT2D eigenvalue weighted by Gasteiger charge is -2.50. The van der Waals surface area contributed by atoms with E-state index in [9.17, 15) is 4.79 Å². The van der Waals surface area contributed by atoms with Crippen molar-refractivity contribution in [3.05, 3.63) is 48.0 Å². The molecule has 1 aliphatic heterocycles. The van der Waals surface area contributed by atoms with Gasteiger partial charge in [-0.2, -0.15) is 0 Å². The summed E-state index contributed by atoms with van der Waals surface area (Å²) in [6.07, 6.45) is 13.1. The molecule has 8 nitrogen and oxygen atoms in total. The second-order valence-electron chi connectivity index (χ2n) is 10.4. The molecular weight excluding hydrogens is 438 g/mol. The summed E-state index contributed by atoms with van der Waals surface area (Å²) in [7, 11) is 0. The molecule has 3 aromatic rings. The Morgan fingerprint density at radius 2 is 1.74 bits per heavy atom. The van der Waals surface area contributed by atoms with Crippen molar-refractivity contribution >= 4 is 16.9 Å². The van der Waals surface area contributed by atoms with Gasteiger partial charge in [0.15, 0.2) is 0 Å². The standard InChI is InChI=1S/C27H37N7O/c1-20(2)32-14-16-33(17-15-32)27(9-5-4-6-10-27)19-31-25(35)22-18-34(26-29-11-7-12-30-26)24-23(22)21(3)8-13-28-24/h7-8,11-13,18,20H,4-6,9-10,14-17,19H2,1-3H3,(H,31,35). The fourth-order valence-corrected chi connectivity index (χ4v) is 5.92. The fraction of sp³-hybridized carbons (Fsp3) is 0.556. The van der Waals surface area contributed by atoms with Crippen molar-refractivity contribution in [1.29, 1.82) is 0 Å². The number of pyridine rings is 1. The largest absolute Gasteiger partial charge is 0.350 e. The number of rotatable bonds is 6. The normalized spacial score (nSPS) is 19.3. The van der Waals surface area contributed by atoms with E-state index in [0.29, 0.717) is 29.7 Å². The van der Waals surface area contributed by atoms with Gasteiger partial charge in [-0.15, -0.1) is 0 Å².